The minimum Gasteiger partial charge on any atom is -0.396 e. The minimum atomic E-state index is -0.00323. The van der Waals surface area contributed by atoms with Crippen LogP contribution in [0.1, 0.15) is 18.4 Å². The van der Waals surface area contributed by atoms with E-state index in [1.54, 1.807) is 0 Å². The first-order valence-electron chi connectivity index (χ1n) is 6.62. The Morgan fingerprint density at radius 2 is 2.06 bits per heavy atom. The molecule has 1 fully saturated rings. The second-order valence-electron chi connectivity index (χ2n) is 5.47. The lowest BCUT2D eigenvalue weighted by Crippen LogP contribution is -2.42. The fraction of sp³-hybridized carbons (Fsp3) is 0.600. The molecule has 0 radical (unpaired) electrons. The van der Waals surface area contributed by atoms with Crippen molar-refractivity contribution in [2.75, 3.05) is 38.3 Å². The van der Waals surface area contributed by atoms with Gasteiger partial charge in [-0.15, -0.1) is 0 Å². The van der Waals surface area contributed by atoms with Gasteiger partial charge in [-0.25, -0.2) is 0 Å². The van der Waals surface area contributed by atoms with Crippen molar-refractivity contribution < 1.29 is 9.84 Å². The molecule has 1 aromatic rings. The van der Waals surface area contributed by atoms with Crippen LogP contribution in [0.5, 0.6) is 0 Å². The van der Waals surface area contributed by atoms with E-state index in [4.69, 9.17) is 4.74 Å². The Kier molecular flexibility index (Phi) is 4.25. The Bertz CT molecular complexity index is 386. The monoisotopic (exact) mass is 249 g/mol. The molecule has 0 aliphatic carbocycles. The van der Waals surface area contributed by atoms with Gasteiger partial charge in [-0.2, -0.15) is 0 Å². The highest BCUT2D eigenvalue weighted by molar-refractivity contribution is 5.47. The summed E-state index contributed by atoms with van der Waals surface area (Å²) < 4.78 is 5.40. The first-order valence-corrected chi connectivity index (χ1v) is 6.62. The Morgan fingerprint density at radius 3 is 2.67 bits per heavy atom. The molecular weight excluding hydrogens is 226 g/mol. The van der Waals surface area contributed by atoms with Gasteiger partial charge in [-0.05, 0) is 37.5 Å². The summed E-state index contributed by atoms with van der Waals surface area (Å²) >= 11 is 0. The predicted molar refractivity (Wildman–Crippen MR) is 74.0 cm³/mol. The first-order chi connectivity index (χ1) is 8.65. The zero-order valence-electron chi connectivity index (χ0n) is 11.4. The molecule has 0 aromatic heterocycles. The quantitative estimate of drug-likeness (QED) is 0.888. The lowest BCUT2D eigenvalue weighted by Gasteiger charge is -2.39. The predicted octanol–water partition coefficient (Wildman–Crippen LogP) is 2.22. The van der Waals surface area contributed by atoms with Crippen LogP contribution >= 0.6 is 0 Å². The highest BCUT2D eigenvalue weighted by Crippen LogP contribution is 2.32. The average molecular weight is 249 g/mol. The van der Waals surface area contributed by atoms with Crippen LogP contribution in [0.4, 0.5) is 5.69 Å². The normalized spacial score (nSPS) is 18.6. The zero-order valence-corrected chi connectivity index (χ0v) is 11.4. The molecule has 1 saturated heterocycles. The molecule has 3 heteroatoms. The molecular formula is C15H23NO2. The molecule has 1 aliphatic heterocycles. The number of aliphatic hydroxyl groups excluding tert-OH is 1. The van der Waals surface area contributed by atoms with E-state index in [1.807, 2.05) is 0 Å². The van der Waals surface area contributed by atoms with Crippen LogP contribution in [-0.4, -0.2) is 38.5 Å². The van der Waals surface area contributed by atoms with Crippen molar-refractivity contribution in [3.8, 4) is 0 Å². The molecule has 0 atom stereocenters. The molecule has 1 aliphatic rings. The Morgan fingerprint density at radius 1 is 1.33 bits per heavy atom. The van der Waals surface area contributed by atoms with E-state index >= 15 is 0 Å². The van der Waals surface area contributed by atoms with Gasteiger partial charge in [0.05, 0.1) is 6.61 Å². The summed E-state index contributed by atoms with van der Waals surface area (Å²) in [5, 5.41) is 9.71. The summed E-state index contributed by atoms with van der Waals surface area (Å²) in [5.41, 5.74) is 2.48. The molecule has 2 rings (SSSR count). The van der Waals surface area contributed by atoms with Crippen LogP contribution in [0.2, 0.25) is 0 Å². The van der Waals surface area contributed by atoms with Crippen molar-refractivity contribution in [1.82, 2.24) is 0 Å². The van der Waals surface area contributed by atoms with E-state index in [0.717, 1.165) is 32.6 Å². The maximum Gasteiger partial charge on any atom is 0.0506 e. The van der Waals surface area contributed by atoms with Gasteiger partial charge in [0.25, 0.3) is 0 Å². The molecule has 0 spiro atoms. The van der Waals surface area contributed by atoms with Gasteiger partial charge >= 0.3 is 0 Å². The molecule has 3 nitrogen and oxygen atoms in total. The van der Waals surface area contributed by atoms with Gasteiger partial charge in [-0.3, -0.25) is 0 Å². The van der Waals surface area contributed by atoms with Gasteiger partial charge < -0.3 is 14.7 Å². The largest absolute Gasteiger partial charge is 0.396 e. The van der Waals surface area contributed by atoms with E-state index in [0.29, 0.717) is 0 Å². The summed E-state index contributed by atoms with van der Waals surface area (Å²) in [4.78, 5) is 2.24. The summed E-state index contributed by atoms with van der Waals surface area (Å²) in [6, 6.07) is 8.49. The zero-order chi connectivity index (χ0) is 13.0. The van der Waals surface area contributed by atoms with Gasteiger partial charge in [0.1, 0.15) is 0 Å². The molecule has 1 heterocycles. The van der Waals surface area contributed by atoms with Crippen LogP contribution in [0.25, 0.3) is 0 Å². The molecule has 0 saturated carbocycles. The topological polar surface area (TPSA) is 32.7 Å². The minimum absolute atomic E-state index is 0.00323. The number of aliphatic hydroxyl groups is 1. The van der Waals surface area contributed by atoms with E-state index in [9.17, 15) is 5.11 Å². The van der Waals surface area contributed by atoms with Crippen LogP contribution in [0.15, 0.2) is 24.3 Å². The van der Waals surface area contributed by atoms with Gasteiger partial charge in [0.2, 0.25) is 0 Å². The van der Waals surface area contributed by atoms with Crippen LogP contribution in [0, 0.1) is 12.3 Å². The second kappa shape index (κ2) is 5.72. The maximum atomic E-state index is 9.71. The number of anilines is 1. The maximum absolute atomic E-state index is 9.71. The number of aryl methyl sites for hydroxylation is 1. The highest BCUT2D eigenvalue weighted by atomic mass is 16.5. The number of rotatable bonds is 4. The van der Waals surface area contributed by atoms with Crippen LogP contribution in [0.3, 0.4) is 0 Å². The molecule has 0 amide bonds. The number of hydrogen-bond acceptors (Lipinski definition) is 3. The molecule has 1 aromatic carbocycles. The fourth-order valence-corrected chi connectivity index (χ4v) is 2.63. The molecule has 1 N–H and O–H groups in total. The lowest BCUT2D eigenvalue weighted by molar-refractivity contribution is -0.0113. The van der Waals surface area contributed by atoms with Crippen molar-refractivity contribution in [2.45, 2.75) is 19.8 Å². The number of ether oxygens (including phenoxy) is 1. The Labute approximate surface area is 109 Å². The fourth-order valence-electron chi connectivity index (χ4n) is 2.63. The number of benzene rings is 1. The summed E-state index contributed by atoms with van der Waals surface area (Å²) in [5.74, 6) is 0. The van der Waals surface area contributed by atoms with Crippen molar-refractivity contribution in [3.63, 3.8) is 0 Å². The van der Waals surface area contributed by atoms with Gasteiger partial charge in [0.15, 0.2) is 0 Å². The molecule has 0 unspecified atom stereocenters. The van der Waals surface area contributed by atoms with Crippen molar-refractivity contribution in [1.29, 1.82) is 0 Å². The van der Waals surface area contributed by atoms with E-state index in [2.05, 4.69) is 43.1 Å². The number of hydrogen-bond donors (Lipinski definition) is 1. The molecule has 0 bridgehead atoms. The molecule has 18 heavy (non-hydrogen) atoms. The summed E-state index contributed by atoms with van der Waals surface area (Å²) in [7, 11) is 2.10. The van der Waals surface area contributed by atoms with E-state index in [1.165, 1.54) is 11.3 Å². The van der Waals surface area contributed by atoms with Gasteiger partial charge in [0, 0.05) is 37.9 Å². The lowest BCUT2D eigenvalue weighted by atomic mass is 9.80. The van der Waals surface area contributed by atoms with Gasteiger partial charge in [-0.1, -0.05) is 12.1 Å². The third kappa shape index (κ3) is 3.03. The molecule has 100 valence electrons. The third-order valence-corrected chi connectivity index (χ3v) is 3.90. The number of nitrogens with zero attached hydrogens (tertiary/aromatic N) is 1. The first kappa shape index (κ1) is 13.4. The van der Waals surface area contributed by atoms with Crippen molar-refractivity contribution in [3.05, 3.63) is 29.8 Å². The second-order valence-corrected chi connectivity index (χ2v) is 5.47. The standard InChI is InChI=1S/C15H23NO2/c1-13-4-3-5-14(10-13)16(2)11-15(12-17)6-8-18-9-7-15/h3-5,10,17H,6-9,11-12H2,1-2H3. The van der Waals surface area contributed by atoms with E-state index in [-0.39, 0.29) is 12.0 Å². The van der Waals surface area contributed by atoms with Crippen LogP contribution in [-0.2, 0) is 4.74 Å². The Hall–Kier alpha value is -1.06. The SMILES string of the molecule is Cc1cccc(N(C)CC2(CO)CCOCC2)c1. The highest BCUT2D eigenvalue weighted by Gasteiger charge is 2.33. The summed E-state index contributed by atoms with van der Waals surface area (Å²) in [6.45, 7) is 4.76. The Balaban J connectivity index is 2.07. The van der Waals surface area contributed by atoms with Crippen molar-refractivity contribution in [2.24, 2.45) is 5.41 Å². The smallest absolute Gasteiger partial charge is 0.0506 e. The third-order valence-electron chi connectivity index (χ3n) is 3.90. The summed E-state index contributed by atoms with van der Waals surface area (Å²) in [6.07, 6.45) is 1.89. The van der Waals surface area contributed by atoms with Crippen molar-refractivity contribution >= 4 is 5.69 Å². The average Bonchev–Trinajstić information content (AvgIpc) is 2.40. The van der Waals surface area contributed by atoms with E-state index < -0.39 is 0 Å². The van der Waals surface area contributed by atoms with Crippen LogP contribution < -0.4 is 4.90 Å².